The summed E-state index contributed by atoms with van der Waals surface area (Å²) >= 11 is 2.97. The van der Waals surface area contributed by atoms with Crippen molar-refractivity contribution in [3.05, 3.63) is 63.6 Å². The number of anilines is 1. The Labute approximate surface area is 126 Å². The van der Waals surface area contributed by atoms with Crippen molar-refractivity contribution in [2.75, 3.05) is 5.32 Å². The van der Waals surface area contributed by atoms with E-state index in [-0.39, 0.29) is 16.2 Å². The molecule has 0 bridgehead atoms. The van der Waals surface area contributed by atoms with E-state index >= 15 is 0 Å². The van der Waals surface area contributed by atoms with Gasteiger partial charge in [0.15, 0.2) is 0 Å². The van der Waals surface area contributed by atoms with Gasteiger partial charge in [-0.25, -0.2) is 8.78 Å². The van der Waals surface area contributed by atoms with Gasteiger partial charge in [-0.3, -0.25) is 0 Å². The number of rotatable bonds is 4. The van der Waals surface area contributed by atoms with Crippen molar-refractivity contribution >= 4 is 21.6 Å². The van der Waals surface area contributed by atoms with Crippen LogP contribution in [0.4, 0.5) is 14.5 Å². The van der Waals surface area contributed by atoms with Crippen LogP contribution in [0.15, 0.2) is 40.9 Å². The van der Waals surface area contributed by atoms with Crippen LogP contribution in [0.3, 0.4) is 0 Å². The Bertz CT molecular complexity index is 596. The molecule has 106 valence electrons. The average Bonchev–Trinajstić information content (AvgIpc) is 2.42. The van der Waals surface area contributed by atoms with Crippen molar-refractivity contribution in [3.8, 4) is 0 Å². The SMILES string of the molecule is CCC(Nc1cc(F)c(Br)cc1F)c1ccc(C)cc1. The number of benzene rings is 2. The van der Waals surface area contributed by atoms with Crippen LogP contribution in [0.5, 0.6) is 0 Å². The fourth-order valence-electron chi connectivity index (χ4n) is 2.04. The third-order valence-electron chi connectivity index (χ3n) is 3.23. The van der Waals surface area contributed by atoms with Gasteiger partial charge in [-0.2, -0.15) is 0 Å². The summed E-state index contributed by atoms with van der Waals surface area (Å²) in [6.45, 7) is 4.02. The standard InChI is InChI=1S/C16H16BrF2N/c1-3-15(11-6-4-10(2)5-7-11)20-16-9-13(18)12(17)8-14(16)19/h4-9,15,20H,3H2,1-2H3. The van der Waals surface area contributed by atoms with Gasteiger partial charge in [0.05, 0.1) is 16.2 Å². The van der Waals surface area contributed by atoms with Crippen molar-refractivity contribution in [1.29, 1.82) is 0 Å². The maximum absolute atomic E-state index is 13.8. The van der Waals surface area contributed by atoms with E-state index in [1.54, 1.807) is 0 Å². The van der Waals surface area contributed by atoms with Gasteiger partial charge >= 0.3 is 0 Å². The third kappa shape index (κ3) is 3.37. The molecule has 20 heavy (non-hydrogen) atoms. The summed E-state index contributed by atoms with van der Waals surface area (Å²) < 4.78 is 27.5. The Kier molecular flexibility index (Phi) is 4.76. The number of halogens is 3. The average molecular weight is 340 g/mol. The molecule has 0 aliphatic heterocycles. The quantitative estimate of drug-likeness (QED) is 0.715. The van der Waals surface area contributed by atoms with E-state index in [9.17, 15) is 8.78 Å². The lowest BCUT2D eigenvalue weighted by atomic mass is 10.0. The minimum Gasteiger partial charge on any atom is -0.376 e. The van der Waals surface area contributed by atoms with Crippen molar-refractivity contribution in [2.24, 2.45) is 0 Å². The fraction of sp³-hybridized carbons (Fsp3) is 0.250. The topological polar surface area (TPSA) is 12.0 Å². The minimum absolute atomic E-state index is 0.0503. The Morgan fingerprint density at radius 2 is 1.75 bits per heavy atom. The van der Waals surface area contributed by atoms with Crippen LogP contribution in [-0.4, -0.2) is 0 Å². The van der Waals surface area contributed by atoms with Gasteiger partial charge in [0.2, 0.25) is 0 Å². The van der Waals surface area contributed by atoms with Crippen molar-refractivity contribution in [1.82, 2.24) is 0 Å². The van der Waals surface area contributed by atoms with E-state index < -0.39 is 11.6 Å². The maximum Gasteiger partial charge on any atom is 0.147 e. The van der Waals surface area contributed by atoms with Crippen LogP contribution in [0.1, 0.15) is 30.5 Å². The Morgan fingerprint density at radius 1 is 1.10 bits per heavy atom. The molecule has 1 unspecified atom stereocenters. The molecular formula is C16H16BrF2N. The molecule has 0 saturated carbocycles. The predicted octanol–water partition coefficient (Wildman–Crippen LogP) is 5.60. The van der Waals surface area contributed by atoms with E-state index in [1.807, 2.05) is 38.1 Å². The molecule has 2 rings (SSSR count). The Morgan fingerprint density at radius 3 is 2.35 bits per heavy atom. The third-order valence-corrected chi connectivity index (χ3v) is 3.84. The first-order chi connectivity index (χ1) is 9.51. The van der Waals surface area contributed by atoms with Gasteiger partial charge in [-0.15, -0.1) is 0 Å². The van der Waals surface area contributed by atoms with Crippen LogP contribution in [0.2, 0.25) is 0 Å². The zero-order valence-electron chi connectivity index (χ0n) is 11.4. The predicted molar refractivity (Wildman–Crippen MR) is 81.9 cm³/mol. The van der Waals surface area contributed by atoms with Gasteiger partial charge in [0, 0.05) is 6.07 Å². The highest BCUT2D eigenvalue weighted by Crippen LogP contribution is 2.28. The molecule has 0 aromatic heterocycles. The van der Waals surface area contributed by atoms with E-state index in [2.05, 4.69) is 21.2 Å². The highest BCUT2D eigenvalue weighted by atomic mass is 79.9. The monoisotopic (exact) mass is 339 g/mol. The normalized spacial score (nSPS) is 12.2. The summed E-state index contributed by atoms with van der Waals surface area (Å²) in [7, 11) is 0. The zero-order valence-corrected chi connectivity index (χ0v) is 13.0. The lowest BCUT2D eigenvalue weighted by Crippen LogP contribution is -2.11. The molecule has 1 atom stereocenters. The Hall–Kier alpha value is -1.42. The molecule has 0 amide bonds. The number of nitrogens with one attached hydrogen (secondary N) is 1. The molecule has 0 heterocycles. The van der Waals surface area contributed by atoms with E-state index in [0.717, 1.165) is 18.1 Å². The second-order valence-electron chi connectivity index (χ2n) is 4.76. The van der Waals surface area contributed by atoms with E-state index in [1.165, 1.54) is 11.6 Å². The first-order valence-electron chi connectivity index (χ1n) is 6.49. The lowest BCUT2D eigenvalue weighted by molar-refractivity contribution is 0.593. The van der Waals surface area contributed by atoms with Gasteiger partial charge in [0.25, 0.3) is 0 Å². The number of hydrogen-bond donors (Lipinski definition) is 1. The van der Waals surface area contributed by atoms with Gasteiger partial charge < -0.3 is 5.32 Å². The van der Waals surface area contributed by atoms with Crippen molar-refractivity contribution in [2.45, 2.75) is 26.3 Å². The molecule has 0 radical (unpaired) electrons. The molecule has 4 heteroatoms. The molecule has 2 aromatic rings. The van der Waals surface area contributed by atoms with E-state index in [4.69, 9.17) is 0 Å². The van der Waals surface area contributed by atoms with Crippen molar-refractivity contribution < 1.29 is 8.78 Å². The fourth-order valence-corrected chi connectivity index (χ4v) is 2.36. The Balaban J connectivity index is 2.26. The molecule has 0 aliphatic carbocycles. The van der Waals surface area contributed by atoms with Gasteiger partial charge in [-0.1, -0.05) is 36.8 Å². The van der Waals surface area contributed by atoms with Crippen LogP contribution in [0, 0.1) is 18.6 Å². The second-order valence-corrected chi connectivity index (χ2v) is 5.62. The summed E-state index contributed by atoms with van der Waals surface area (Å²) in [5.74, 6) is -0.948. The summed E-state index contributed by atoms with van der Waals surface area (Å²) in [5.41, 5.74) is 2.41. The van der Waals surface area contributed by atoms with Crippen LogP contribution in [-0.2, 0) is 0 Å². The summed E-state index contributed by atoms with van der Waals surface area (Å²) in [4.78, 5) is 0. The summed E-state index contributed by atoms with van der Waals surface area (Å²) in [6.07, 6.45) is 0.778. The molecule has 1 nitrogen and oxygen atoms in total. The van der Waals surface area contributed by atoms with Gasteiger partial charge in [0.1, 0.15) is 11.6 Å². The number of hydrogen-bond acceptors (Lipinski definition) is 1. The molecule has 0 aliphatic rings. The minimum atomic E-state index is -0.479. The van der Waals surface area contributed by atoms with Crippen molar-refractivity contribution in [3.63, 3.8) is 0 Å². The lowest BCUT2D eigenvalue weighted by Gasteiger charge is -2.19. The molecule has 1 N–H and O–H groups in total. The van der Waals surface area contributed by atoms with Crippen LogP contribution >= 0.6 is 15.9 Å². The summed E-state index contributed by atoms with van der Waals surface area (Å²) in [6, 6.07) is 10.3. The molecule has 2 aromatic carbocycles. The van der Waals surface area contributed by atoms with Crippen LogP contribution in [0.25, 0.3) is 0 Å². The van der Waals surface area contributed by atoms with Gasteiger partial charge in [-0.05, 0) is 40.9 Å². The van der Waals surface area contributed by atoms with Crippen LogP contribution < -0.4 is 5.32 Å². The molecular weight excluding hydrogens is 324 g/mol. The first kappa shape index (κ1) is 15.0. The highest BCUT2D eigenvalue weighted by Gasteiger charge is 2.13. The number of aryl methyl sites for hydroxylation is 1. The molecule has 0 saturated heterocycles. The summed E-state index contributed by atoms with van der Waals surface area (Å²) in [5, 5.41) is 3.06. The maximum atomic E-state index is 13.8. The van der Waals surface area contributed by atoms with E-state index in [0.29, 0.717) is 0 Å². The smallest absolute Gasteiger partial charge is 0.147 e. The molecule has 0 fully saturated rings. The second kappa shape index (κ2) is 6.35. The highest BCUT2D eigenvalue weighted by molar-refractivity contribution is 9.10. The zero-order chi connectivity index (χ0) is 14.7. The largest absolute Gasteiger partial charge is 0.376 e. The molecule has 0 spiro atoms. The first-order valence-corrected chi connectivity index (χ1v) is 7.28.